The largest absolute Gasteiger partial charge is 0.476 e. The zero-order valence-electron chi connectivity index (χ0n) is 10.4. The molecule has 0 amide bonds. The Hall–Kier alpha value is -2.76. The highest BCUT2D eigenvalue weighted by Crippen LogP contribution is 2.25. The Morgan fingerprint density at radius 3 is 2.80 bits per heavy atom. The van der Waals surface area contributed by atoms with Crippen molar-refractivity contribution in [1.29, 1.82) is 0 Å². The van der Waals surface area contributed by atoms with Crippen LogP contribution in [0.25, 0.3) is 5.76 Å². The lowest BCUT2D eigenvalue weighted by Crippen LogP contribution is -2.12. The lowest BCUT2D eigenvalue weighted by atomic mass is 10.1. The summed E-state index contributed by atoms with van der Waals surface area (Å²) in [4.78, 5) is 14.5. The second-order valence-electron chi connectivity index (χ2n) is 4.20. The lowest BCUT2D eigenvalue weighted by Gasteiger charge is -2.10. The number of rotatable bonds is 4. The van der Waals surface area contributed by atoms with Crippen LogP contribution in [0.5, 0.6) is 0 Å². The van der Waals surface area contributed by atoms with Crippen molar-refractivity contribution in [2.45, 2.75) is 12.7 Å². The number of hydrogen-bond donors (Lipinski definition) is 1. The Kier molecular flexibility index (Phi) is 3.12. The van der Waals surface area contributed by atoms with Crippen molar-refractivity contribution in [2.24, 2.45) is 0 Å². The Labute approximate surface area is 114 Å². The number of carboxylic acids is 1. The third-order valence-corrected chi connectivity index (χ3v) is 2.76. The molecular formula is C14H11NO5. The van der Waals surface area contributed by atoms with Crippen molar-refractivity contribution in [3.8, 4) is 0 Å². The molecule has 20 heavy (non-hydrogen) atoms. The molecule has 0 fully saturated rings. The van der Waals surface area contributed by atoms with E-state index in [-0.39, 0.29) is 11.6 Å². The van der Waals surface area contributed by atoms with Gasteiger partial charge in [-0.25, -0.2) is 4.79 Å². The summed E-state index contributed by atoms with van der Waals surface area (Å²) in [7, 11) is 0. The zero-order valence-corrected chi connectivity index (χ0v) is 10.4. The van der Waals surface area contributed by atoms with E-state index in [0.29, 0.717) is 12.2 Å². The second kappa shape index (κ2) is 5.08. The summed E-state index contributed by atoms with van der Waals surface area (Å²) in [5, 5.41) is 8.77. The van der Waals surface area contributed by atoms with Gasteiger partial charge in [0.15, 0.2) is 5.69 Å². The maximum Gasteiger partial charge on any atom is 0.357 e. The van der Waals surface area contributed by atoms with Gasteiger partial charge in [-0.1, -0.05) is 30.3 Å². The van der Waals surface area contributed by atoms with Crippen molar-refractivity contribution < 1.29 is 23.8 Å². The van der Waals surface area contributed by atoms with E-state index in [1.807, 2.05) is 30.3 Å². The molecule has 1 aromatic heterocycles. The molecule has 1 aliphatic rings. The van der Waals surface area contributed by atoms with Crippen molar-refractivity contribution in [2.75, 3.05) is 0 Å². The van der Waals surface area contributed by atoms with Gasteiger partial charge >= 0.3 is 5.97 Å². The molecule has 0 aliphatic carbocycles. The smallest absolute Gasteiger partial charge is 0.357 e. The molecule has 0 bridgehead atoms. The minimum absolute atomic E-state index is 0.0953. The van der Waals surface area contributed by atoms with Gasteiger partial charge in [-0.2, -0.15) is 4.98 Å². The van der Waals surface area contributed by atoms with Gasteiger partial charge in [0.1, 0.15) is 12.5 Å². The van der Waals surface area contributed by atoms with Gasteiger partial charge in [0.2, 0.25) is 12.0 Å². The number of nitrogens with zero attached hydrogens (tertiary/aromatic N) is 1. The summed E-state index contributed by atoms with van der Waals surface area (Å²) in [6.07, 6.45) is 2.55. The van der Waals surface area contributed by atoms with Gasteiger partial charge in [-0.3, -0.25) is 0 Å². The molecule has 102 valence electrons. The fraction of sp³-hybridized carbons (Fsp3) is 0.143. The normalized spacial score (nSPS) is 17.2. The SMILES string of the molecule is O=C(O)c1coc(C2=COC(Cc3ccccc3)O2)n1. The van der Waals surface area contributed by atoms with Gasteiger partial charge in [0, 0.05) is 6.42 Å². The minimum atomic E-state index is -1.15. The second-order valence-corrected chi connectivity index (χ2v) is 4.20. The predicted octanol–water partition coefficient (Wildman–Crippen LogP) is 2.29. The average Bonchev–Trinajstić information content (AvgIpc) is 3.08. The molecule has 3 rings (SSSR count). The molecular weight excluding hydrogens is 262 g/mol. The fourth-order valence-electron chi connectivity index (χ4n) is 1.82. The highest BCUT2D eigenvalue weighted by Gasteiger charge is 2.25. The molecule has 1 N–H and O–H groups in total. The molecule has 1 unspecified atom stereocenters. The van der Waals surface area contributed by atoms with Crippen LogP contribution in [-0.4, -0.2) is 22.3 Å². The highest BCUT2D eigenvalue weighted by molar-refractivity contribution is 5.85. The van der Waals surface area contributed by atoms with E-state index in [0.717, 1.165) is 11.8 Å². The first-order valence-corrected chi connectivity index (χ1v) is 5.98. The van der Waals surface area contributed by atoms with Crippen LogP contribution in [0.3, 0.4) is 0 Å². The summed E-state index contributed by atoms with van der Waals surface area (Å²) in [5.74, 6) is -0.767. The Bertz CT molecular complexity index is 647. The number of benzene rings is 1. The maximum absolute atomic E-state index is 10.7. The summed E-state index contributed by atoms with van der Waals surface area (Å²) in [5.41, 5.74) is 0.904. The van der Waals surface area contributed by atoms with E-state index in [1.165, 1.54) is 6.26 Å². The van der Waals surface area contributed by atoms with Gasteiger partial charge in [0.25, 0.3) is 5.89 Å². The molecule has 2 heterocycles. The van der Waals surface area contributed by atoms with Crippen LogP contribution in [0.1, 0.15) is 21.9 Å². The third kappa shape index (κ3) is 2.49. The Morgan fingerprint density at radius 2 is 2.10 bits per heavy atom. The number of oxazole rings is 1. The molecule has 1 aromatic carbocycles. The first kappa shape index (κ1) is 12.3. The Balaban J connectivity index is 1.65. The van der Waals surface area contributed by atoms with E-state index in [1.54, 1.807) is 0 Å². The van der Waals surface area contributed by atoms with Gasteiger partial charge in [0.05, 0.1) is 0 Å². The summed E-state index contributed by atoms with van der Waals surface area (Å²) >= 11 is 0. The summed E-state index contributed by atoms with van der Waals surface area (Å²) < 4.78 is 15.9. The van der Waals surface area contributed by atoms with Crippen LogP contribution in [0.2, 0.25) is 0 Å². The number of aromatic nitrogens is 1. The van der Waals surface area contributed by atoms with Crippen LogP contribution in [0.4, 0.5) is 0 Å². The molecule has 2 aromatic rings. The Morgan fingerprint density at radius 1 is 1.30 bits per heavy atom. The van der Waals surface area contributed by atoms with Gasteiger partial charge < -0.3 is 19.0 Å². The first-order chi connectivity index (χ1) is 9.72. The van der Waals surface area contributed by atoms with Crippen molar-refractivity contribution in [3.05, 3.63) is 60.0 Å². The van der Waals surface area contributed by atoms with Crippen LogP contribution in [0.15, 0.2) is 47.3 Å². The number of carbonyl (C=O) groups is 1. The molecule has 6 heteroatoms. The van der Waals surface area contributed by atoms with Crippen molar-refractivity contribution in [3.63, 3.8) is 0 Å². The van der Waals surface area contributed by atoms with E-state index in [2.05, 4.69) is 4.98 Å². The van der Waals surface area contributed by atoms with E-state index in [4.69, 9.17) is 19.0 Å². The van der Waals surface area contributed by atoms with Crippen LogP contribution in [0, 0.1) is 0 Å². The minimum Gasteiger partial charge on any atom is -0.476 e. The third-order valence-electron chi connectivity index (χ3n) is 2.76. The topological polar surface area (TPSA) is 81.8 Å². The number of ether oxygens (including phenoxy) is 2. The summed E-state index contributed by atoms with van der Waals surface area (Å²) in [6, 6.07) is 9.75. The maximum atomic E-state index is 10.7. The molecule has 1 atom stereocenters. The lowest BCUT2D eigenvalue weighted by molar-refractivity contribution is -0.0147. The standard InChI is InChI=1S/C14H11NO5/c16-14(17)10-7-19-13(15-10)11-8-18-12(20-11)6-9-4-2-1-3-5-9/h1-5,7-8,12H,6H2,(H,16,17). The van der Waals surface area contributed by atoms with E-state index >= 15 is 0 Å². The van der Waals surface area contributed by atoms with E-state index < -0.39 is 12.3 Å². The van der Waals surface area contributed by atoms with Crippen LogP contribution >= 0.6 is 0 Å². The van der Waals surface area contributed by atoms with Crippen LogP contribution < -0.4 is 0 Å². The molecule has 0 radical (unpaired) electrons. The predicted molar refractivity (Wildman–Crippen MR) is 67.5 cm³/mol. The average molecular weight is 273 g/mol. The monoisotopic (exact) mass is 273 g/mol. The molecule has 6 nitrogen and oxygen atoms in total. The highest BCUT2D eigenvalue weighted by atomic mass is 16.7. The first-order valence-electron chi connectivity index (χ1n) is 5.98. The number of hydrogen-bond acceptors (Lipinski definition) is 5. The summed E-state index contributed by atoms with van der Waals surface area (Å²) in [6.45, 7) is 0. The van der Waals surface area contributed by atoms with E-state index in [9.17, 15) is 4.79 Å². The van der Waals surface area contributed by atoms with Crippen molar-refractivity contribution >= 4 is 11.7 Å². The van der Waals surface area contributed by atoms with Gasteiger partial charge in [-0.05, 0) is 5.56 Å². The van der Waals surface area contributed by atoms with Gasteiger partial charge in [-0.15, -0.1) is 0 Å². The molecule has 0 saturated carbocycles. The van der Waals surface area contributed by atoms with Crippen molar-refractivity contribution in [1.82, 2.24) is 4.98 Å². The molecule has 0 saturated heterocycles. The molecule has 1 aliphatic heterocycles. The quantitative estimate of drug-likeness (QED) is 0.920. The number of carboxylic acid groups (broad SMARTS) is 1. The fourth-order valence-corrected chi connectivity index (χ4v) is 1.82. The molecule has 0 spiro atoms. The van der Waals surface area contributed by atoms with Crippen LogP contribution in [-0.2, 0) is 15.9 Å². The zero-order chi connectivity index (χ0) is 13.9. The number of aromatic carboxylic acids is 1.